The van der Waals surface area contributed by atoms with Gasteiger partial charge in [-0.05, 0) is 80.0 Å². The van der Waals surface area contributed by atoms with E-state index in [0.29, 0.717) is 25.0 Å². The smallest absolute Gasteiger partial charge is 0.305 e. The molecule has 4 rings (SSSR count). The molecule has 7 nitrogen and oxygen atoms in total. The molecule has 4 aliphatic carbocycles. The molecule has 0 aliphatic heterocycles. The van der Waals surface area contributed by atoms with Crippen molar-refractivity contribution in [3.05, 3.63) is 0 Å². The fourth-order valence-corrected chi connectivity index (χ4v) is 9.17. The number of methoxy groups -OCH3 is 1. The molecule has 202 valence electrons. The zero-order valence-corrected chi connectivity index (χ0v) is 22.8. The van der Waals surface area contributed by atoms with Crippen LogP contribution in [0.15, 0.2) is 0 Å². The van der Waals surface area contributed by atoms with Gasteiger partial charge >= 0.3 is 17.9 Å². The lowest BCUT2D eigenvalue weighted by atomic mass is 9.43. The Kier molecular flexibility index (Phi) is 7.60. The number of Topliss-reactive ketones (excluding diaryl/α,β-unsaturated/α-hetero) is 1. The quantitative estimate of drug-likeness (QED) is 0.375. The molecular formula is C29H44O7. The molecule has 0 amide bonds. The number of carbonyl (C=O) groups excluding carboxylic acids is 4. The Hall–Kier alpha value is -1.92. The molecule has 4 saturated carbocycles. The summed E-state index contributed by atoms with van der Waals surface area (Å²) in [6.07, 6.45) is 6.38. The van der Waals surface area contributed by atoms with Gasteiger partial charge in [0.15, 0.2) is 0 Å². The second-order valence-corrected chi connectivity index (χ2v) is 12.6. The number of ketones is 1. The van der Waals surface area contributed by atoms with Crippen molar-refractivity contribution in [1.29, 1.82) is 0 Å². The number of hydrogen-bond donors (Lipinski definition) is 0. The normalized spacial score (nSPS) is 42.4. The molecule has 10 atom stereocenters. The second kappa shape index (κ2) is 10.1. The van der Waals surface area contributed by atoms with Gasteiger partial charge in [-0.25, -0.2) is 0 Å². The number of carbonyl (C=O) groups is 4. The Bertz CT molecular complexity index is 898. The summed E-state index contributed by atoms with van der Waals surface area (Å²) in [5.41, 5.74) is -0.334. The third-order valence-corrected chi connectivity index (χ3v) is 10.9. The van der Waals surface area contributed by atoms with E-state index in [1.54, 1.807) is 0 Å². The van der Waals surface area contributed by atoms with Gasteiger partial charge in [-0.2, -0.15) is 0 Å². The molecule has 0 aromatic rings. The Morgan fingerprint density at radius 3 is 2.33 bits per heavy atom. The monoisotopic (exact) mass is 504 g/mol. The Balaban J connectivity index is 1.63. The van der Waals surface area contributed by atoms with Crippen LogP contribution in [0.4, 0.5) is 0 Å². The standard InChI is InChI=1S/C29H44O7/c1-16(7-10-26(33)34-6)21-8-9-22-27-23(15-25(29(21,22)5)36-18(3)31)28(4)12-11-20(35-17(2)30)13-19(28)14-24(27)32/h16,19-23,25,27H,7-15H2,1-6H3/t16?,19?,20?,21?,22?,23?,25?,27?,28-,29+/m0/s1. The average Bonchev–Trinajstić information content (AvgIpc) is 3.16. The number of rotatable bonds is 6. The van der Waals surface area contributed by atoms with E-state index in [4.69, 9.17) is 14.2 Å². The zero-order chi connectivity index (χ0) is 26.4. The van der Waals surface area contributed by atoms with Gasteiger partial charge in [0.1, 0.15) is 18.0 Å². The third kappa shape index (κ3) is 4.60. The van der Waals surface area contributed by atoms with Crippen LogP contribution >= 0.6 is 0 Å². The number of esters is 3. The highest BCUT2D eigenvalue weighted by atomic mass is 16.5. The van der Waals surface area contributed by atoms with E-state index in [-0.39, 0.29) is 76.5 Å². The van der Waals surface area contributed by atoms with E-state index in [2.05, 4.69) is 20.8 Å². The van der Waals surface area contributed by atoms with Crippen LogP contribution in [0, 0.1) is 46.3 Å². The van der Waals surface area contributed by atoms with Gasteiger partial charge in [0.05, 0.1) is 7.11 Å². The molecule has 0 aromatic carbocycles. The van der Waals surface area contributed by atoms with Crippen molar-refractivity contribution in [2.45, 2.75) is 105 Å². The summed E-state index contributed by atoms with van der Waals surface area (Å²) in [6.45, 7) is 9.69. The Morgan fingerprint density at radius 2 is 1.69 bits per heavy atom. The van der Waals surface area contributed by atoms with Crippen LogP contribution in [0.5, 0.6) is 0 Å². The first kappa shape index (κ1) is 27.1. The van der Waals surface area contributed by atoms with Gasteiger partial charge in [-0.3, -0.25) is 19.2 Å². The molecule has 36 heavy (non-hydrogen) atoms. The molecular weight excluding hydrogens is 460 g/mol. The van der Waals surface area contributed by atoms with Gasteiger partial charge in [0, 0.05) is 38.0 Å². The zero-order valence-electron chi connectivity index (χ0n) is 22.8. The van der Waals surface area contributed by atoms with Crippen molar-refractivity contribution < 1.29 is 33.4 Å². The van der Waals surface area contributed by atoms with E-state index in [9.17, 15) is 19.2 Å². The summed E-state index contributed by atoms with van der Waals surface area (Å²) in [5, 5.41) is 0. The van der Waals surface area contributed by atoms with Crippen molar-refractivity contribution in [2.75, 3.05) is 7.11 Å². The summed E-state index contributed by atoms with van der Waals surface area (Å²) in [5.74, 6) is 0.633. The predicted octanol–water partition coefficient (Wildman–Crippen LogP) is 4.89. The topological polar surface area (TPSA) is 96.0 Å². The van der Waals surface area contributed by atoms with E-state index in [1.807, 2.05) is 0 Å². The molecule has 4 fully saturated rings. The van der Waals surface area contributed by atoms with Gasteiger partial charge in [0.2, 0.25) is 0 Å². The van der Waals surface area contributed by atoms with Crippen LogP contribution in [0.2, 0.25) is 0 Å². The summed E-state index contributed by atoms with van der Waals surface area (Å²) in [6, 6.07) is 0. The highest BCUT2D eigenvalue weighted by Crippen LogP contribution is 2.68. The molecule has 8 unspecified atom stereocenters. The van der Waals surface area contributed by atoms with E-state index in [1.165, 1.54) is 21.0 Å². The molecule has 0 spiro atoms. The molecule has 7 heteroatoms. The number of ether oxygens (including phenoxy) is 3. The lowest BCUT2D eigenvalue weighted by Crippen LogP contribution is -2.62. The van der Waals surface area contributed by atoms with Crippen LogP contribution in [0.25, 0.3) is 0 Å². The maximum absolute atomic E-state index is 13.8. The molecule has 0 N–H and O–H groups in total. The van der Waals surface area contributed by atoms with E-state index >= 15 is 0 Å². The van der Waals surface area contributed by atoms with Crippen LogP contribution in [0.3, 0.4) is 0 Å². The first-order valence-electron chi connectivity index (χ1n) is 13.9. The number of fused-ring (bicyclic) bond motifs is 5. The highest BCUT2D eigenvalue weighted by Gasteiger charge is 2.67. The summed E-state index contributed by atoms with van der Waals surface area (Å²) in [4.78, 5) is 49.5. The Labute approximate surface area is 215 Å². The summed E-state index contributed by atoms with van der Waals surface area (Å²) >= 11 is 0. The van der Waals surface area contributed by atoms with Crippen molar-refractivity contribution in [2.24, 2.45) is 46.3 Å². The average molecular weight is 505 g/mol. The van der Waals surface area contributed by atoms with Crippen molar-refractivity contribution in [1.82, 2.24) is 0 Å². The van der Waals surface area contributed by atoms with Crippen LogP contribution < -0.4 is 0 Å². The molecule has 0 heterocycles. The molecule has 4 aliphatic rings. The first-order valence-corrected chi connectivity index (χ1v) is 13.9. The minimum absolute atomic E-state index is 0.0221. The fourth-order valence-electron chi connectivity index (χ4n) is 9.17. The van der Waals surface area contributed by atoms with E-state index in [0.717, 1.165) is 38.5 Å². The minimum atomic E-state index is -0.295. The third-order valence-electron chi connectivity index (χ3n) is 10.9. The first-order chi connectivity index (χ1) is 16.9. The van der Waals surface area contributed by atoms with Gasteiger partial charge < -0.3 is 14.2 Å². The lowest BCUT2D eigenvalue weighted by Gasteiger charge is -2.62. The number of hydrogen-bond acceptors (Lipinski definition) is 7. The van der Waals surface area contributed by atoms with E-state index < -0.39 is 0 Å². The molecule has 0 radical (unpaired) electrons. The van der Waals surface area contributed by atoms with Gasteiger partial charge in [-0.1, -0.05) is 20.8 Å². The van der Waals surface area contributed by atoms with Crippen LogP contribution in [-0.2, 0) is 33.4 Å². The van der Waals surface area contributed by atoms with Gasteiger partial charge in [0.25, 0.3) is 0 Å². The van der Waals surface area contributed by atoms with Crippen LogP contribution in [-0.4, -0.2) is 43.0 Å². The van der Waals surface area contributed by atoms with Gasteiger partial charge in [-0.15, -0.1) is 0 Å². The SMILES string of the molecule is COC(=O)CCC(C)C1CCC2C3C(=O)CC4CC(OC(C)=O)CC[C@]4(C)C3CC(OC(C)=O)[C@]12C. The lowest BCUT2D eigenvalue weighted by molar-refractivity contribution is -0.197. The highest BCUT2D eigenvalue weighted by molar-refractivity contribution is 5.83. The maximum Gasteiger partial charge on any atom is 0.305 e. The van der Waals surface area contributed by atoms with Crippen molar-refractivity contribution in [3.8, 4) is 0 Å². The molecule has 0 bridgehead atoms. The van der Waals surface area contributed by atoms with Crippen molar-refractivity contribution >= 4 is 23.7 Å². The van der Waals surface area contributed by atoms with Crippen LogP contribution in [0.1, 0.15) is 92.4 Å². The molecule has 0 aromatic heterocycles. The fraction of sp³-hybridized carbons (Fsp3) is 0.862. The minimum Gasteiger partial charge on any atom is -0.469 e. The molecule has 0 saturated heterocycles. The predicted molar refractivity (Wildman–Crippen MR) is 133 cm³/mol. The summed E-state index contributed by atoms with van der Waals surface area (Å²) in [7, 11) is 1.42. The Morgan fingerprint density at radius 1 is 1.00 bits per heavy atom. The van der Waals surface area contributed by atoms with Crippen molar-refractivity contribution in [3.63, 3.8) is 0 Å². The summed E-state index contributed by atoms with van der Waals surface area (Å²) < 4.78 is 16.5. The second-order valence-electron chi connectivity index (χ2n) is 12.6. The largest absolute Gasteiger partial charge is 0.469 e. The maximum atomic E-state index is 13.8.